The Balaban J connectivity index is 1.75. The molecule has 4 rings (SSSR count). The Kier molecular flexibility index (Phi) is 6.68. The van der Waals surface area contributed by atoms with Gasteiger partial charge in [0.05, 0.1) is 24.5 Å². The lowest BCUT2D eigenvalue weighted by molar-refractivity contribution is 0.113. The summed E-state index contributed by atoms with van der Waals surface area (Å²) >= 11 is 0. The lowest BCUT2D eigenvalue weighted by Crippen LogP contribution is -2.30. The largest absolute Gasteiger partial charge is 0.468 e. The van der Waals surface area contributed by atoms with Crippen LogP contribution in [-0.4, -0.2) is 32.4 Å². The van der Waals surface area contributed by atoms with Crippen molar-refractivity contribution in [2.24, 2.45) is 7.05 Å². The molecule has 0 radical (unpaired) electrons. The van der Waals surface area contributed by atoms with Crippen molar-refractivity contribution in [3.8, 4) is 22.9 Å². The molecule has 0 fully saturated rings. The van der Waals surface area contributed by atoms with Crippen LogP contribution in [0.2, 0.25) is 0 Å². The van der Waals surface area contributed by atoms with Gasteiger partial charge < -0.3 is 14.3 Å². The Labute approximate surface area is 186 Å². The highest BCUT2D eigenvalue weighted by molar-refractivity contribution is 5.65. The fraction of sp³-hybridized carbons (Fsp3) is 0.240. The van der Waals surface area contributed by atoms with Crippen LogP contribution in [0.4, 0.5) is 4.39 Å². The van der Waals surface area contributed by atoms with Crippen molar-refractivity contribution < 1.29 is 18.7 Å². The van der Waals surface area contributed by atoms with Crippen molar-refractivity contribution in [2.45, 2.75) is 26.1 Å². The second-order valence-electron chi connectivity index (χ2n) is 7.75. The zero-order valence-electron chi connectivity index (χ0n) is 18.1. The van der Waals surface area contributed by atoms with E-state index in [1.807, 2.05) is 42.5 Å². The summed E-state index contributed by atoms with van der Waals surface area (Å²) in [5.41, 5.74) is 2.47. The van der Waals surface area contributed by atoms with Gasteiger partial charge in [0.2, 0.25) is 5.88 Å². The van der Waals surface area contributed by atoms with Crippen molar-refractivity contribution in [1.29, 1.82) is 0 Å². The molecule has 1 N–H and O–H groups in total. The van der Waals surface area contributed by atoms with Crippen LogP contribution in [0.5, 0.6) is 11.6 Å². The van der Waals surface area contributed by atoms with E-state index in [1.54, 1.807) is 43.1 Å². The highest BCUT2D eigenvalue weighted by Crippen LogP contribution is 2.35. The summed E-state index contributed by atoms with van der Waals surface area (Å²) in [6.07, 6.45) is 1.08. The molecule has 7 heteroatoms. The number of aromatic nitrogens is 2. The van der Waals surface area contributed by atoms with Crippen LogP contribution >= 0.6 is 0 Å². The second-order valence-corrected chi connectivity index (χ2v) is 7.75. The SMILES string of the molecule is CC(O)CN(Cc1ccco1)Cc1c(-c2ccccc2)nn(C)c1Oc1ccccc1F. The van der Waals surface area contributed by atoms with E-state index in [0.717, 1.165) is 22.6 Å². The summed E-state index contributed by atoms with van der Waals surface area (Å²) in [5.74, 6) is 0.915. The van der Waals surface area contributed by atoms with Gasteiger partial charge >= 0.3 is 0 Å². The number of furan rings is 1. The third-order valence-electron chi connectivity index (χ3n) is 5.04. The Bertz CT molecular complexity index is 1140. The molecule has 0 bridgehead atoms. The number of ether oxygens (including phenoxy) is 1. The number of rotatable bonds is 9. The van der Waals surface area contributed by atoms with Crippen molar-refractivity contribution in [3.63, 3.8) is 0 Å². The van der Waals surface area contributed by atoms with Crippen LogP contribution in [0.3, 0.4) is 0 Å². The standard InChI is InChI=1S/C25H26FN3O3/c1-18(30)15-29(16-20-11-8-14-31-20)17-21-24(19-9-4-3-5-10-19)27-28(2)25(21)32-23-13-7-6-12-22(23)26/h3-14,18,30H,15-17H2,1-2H3. The molecule has 0 saturated heterocycles. The first-order chi connectivity index (χ1) is 15.5. The molecule has 0 aliphatic heterocycles. The van der Waals surface area contributed by atoms with E-state index in [0.29, 0.717) is 25.5 Å². The molecule has 0 amide bonds. The van der Waals surface area contributed by atoms with Gasteiger partial charge in [0.25, 0.3) is 0 Å². The molecule has 4 aromatic rings. The number of nitrogens with zero attached hydrogens (tertiary/aromatic N) is 3. The van der Waals surface area contributed by atoms with Gasteiger partial charge in [0.15, 0.2) is 11.6 Å². The molecule has 32 heavy (non-hydrogen) atoms. The molecule has 2 aromatic heterocycles. The van der Waals surface area contributed by atoms with E-state index in [9.17, 15) is 9.50 Å². The van der Waals surface area contributed by atoms with E-state index in [-0.39, 0.29) is 5.75 Å². The molecular formula is C25H26FN3O3. The van der Waals surface area contributed by atoms with E-state index in [4.69, 9.17) is 14.3 Å². The normalized spacial score (nSPS) is 12.3. The molecule has 1 unspecified atom stereocenters. The van der Waals surface area contributed by atoms with Crippen LogP contribution in [0.1, 0.15) is 18.2 Å². The first-order valence-electron chi connectivity index (χ1n) is 10.5. The van der Waals surface area contributed by atoms with Gasteiger partial charge in [-0.3, -0.25) is 4.90 Å². The maximum atomic E-state index is 14.3. The van der Waals surface area contributed by atoms with E-state index >= 15 is 0 Å². The van der Waals surface area contributed by atoms with Gasteiger partial charge in [-0.25, -0.2) is 9.07 Å². The number of halogens is 1. The van der Waals surface area contributed by atoms with Gasteiger partial charge in [-0.2, -0.15) is 5.10 Å². The number of benzene rings is 2. The summed E-state index contributed by atoms with van der Waals surface area (Å²) in [4.78, 5) is 2.06. The number of hydrogen-bond acceptors (Lipinski definition) is 5. The van der Waals surface area contributed by atoms with Gasteiger partial charge in [0.1, 0.15) is 11.5 Å². The summed E-state index contributed by atoms with van der Waals surface area (Å²) in [6.45, 7) is 3.09. The lowest BCUT2D eigenvalue weighted by atomic mass is 10.1. The highest BCUT2D eigenvalue weighted by atomic mass is 19.1. The van der Waals surface area contributed by atoms with Crippen molar-refractivity contribution >= 4 is 0 Å². The quantitative estimate of drug-likeness (QED) is 0.401. The first-order valence-corrected chi connectivity index (χ1v) is 10.5. The third kappa shape index (κ3) is 5.07. The molecule has 0 aliphatic carbocycles. The molecule has 0 aliphatic rings. The fourth-order valence-corrected chi connectivity index (χ4v) is 3.69. The van der Waals surface area contributed by atoms with E-state index in [2.05, 4.69) is 4.90 Å². The van der Waals surface area contributed by atoms with Gasteiger partial charge in [-0.15, -0.1) is 0 Å². The maximum absolute atomic E-state index is 14.3. The number of para-hydroxylation sites is 1. The Morgan fingerprint density at radius 1 is 1.06 bits per heavy atom. The average Bonchev–Trinajstić information content (AvgIpc) is 3.39. The molecule has 0 saturated carbocycles. The molecule has 166 valence electrons. The molecule has 6 nitrogen and oxygen atoms in total. The van der Waals surface area contributed by atoms with Gasteiger partial charge in [-0.05, 0) is 31.2 Å². The van der Waals surface area contributed by atoms with Crippen molar-refractivity contribution in [1.82, 2.24) is 14.7 Å². The lowest BCUT2D eigenvalue weighted by Gasteiger charge is -2.23. The average molecular weight is 435 g/mol. The Hall–Kier alpha value is -3.42. The van der Waals surface area contributed by atoms with Crippen LogP contribution in [0.25, 0.3) is 11.3 Å². The summed E-state index contributed by atoms with van der Waals surface area (Å²) in [7, 11) is 1.78. The Morgan fingerprint density at radius 2 is 1.81 bits per heavy atom. The minimum atomic E-state index is -0.544. The molecule has 1 atom stereocenters. The smallest absolute Gasteiger partial charge is 0.222 e. The number of aliphatic hydroxyl groups is 1. The number of aryl methyl sites for hydroxylation is 1. The van der Waals surface area contributed by atoms with Crippen LogP contribution in [-0.2, 0) is 20.1 Å². The molecule has 2 aromatic carbocycles. The van der Waals surface area contributed by atoms with Crippen LogP contribution in [0.15, 0.2) is 77.4 Å². The molecule has 0 spiro atoms. The maximum Gasteiger partial charge on any atom is 0.222 e. The summed E-state index contributed by atoms with van der Waals surface area (Å²) < 4.78 is 27.5. The highest BCUT2D eigenvalue weighted by Gasteiger charge is 2.24. The van der Waals surface area contributed by atoms with Gasteiger partial charge in [0, 0.05) is 25.7 Å². The topological polar surface area (TPSA) is 63.7 Å². The zero-order chi connectivity index (χ0) is 22.5. The number of hydrogen-bond donors (Lipinski definition) is 1. The molecular weight excluding hydrogens is 409 g/mol. The minimum Gasteiger partial charge on any atom is -0.468 e. The second kappa shape index (κ2) is 9.80. The molecule has 2 heterocycles. The fourth-order valence-electron chi connectivity index (χ4n) is 3.69. The van der Waals surface area contributed by atoms with Crippen LogP contribution in [0, 0.1) is 5.82 Å². The van der Waals surface area contributed by atoms with E-state index < -0.39 is 11.9 Å². The minimum absolute atomic E-state index is 0.129. The predicted octanol–water partition coefficient (Wildman–Crippen LogP) is 4.99. The van der Waals surface area contributed by atoms with Crippen molar-refractivity contribution in [2.75, 3.05) is 6.54 Å². The van der Waals surface area contributed by atoms with Crippen molar-refractivity contribution in [3.05, 3.63) is 90.1 Å². The zero-order valence-corrected chi connectivity index (χ0v) is 18.1. The monoisotopic (exact) mass is 435 g/mol. The van der Waals surface area contributed by atoms with Crippen LogP contribution < -0.4 is 4.74 Å². The van der Waals surface area contributed by atoms with E-state index in [1.165, 1.54) is 6.07 Å². The summed E-state index contributed by atoms with van der Waals surface area (Å²) in [5, 5.41) is 14.8. The first kappa shape index (κ1) is 21.8. The predicted molar refractivity (Wildman–Crippen MR) is 120 cm³/mol. The number of aliphatic hydroxyl groups excluding tert-OH is 1. The Morgan fingerprint density at radius 3 is 2.50 bits per heavy atom. The summed E-state index contributed by atoms with van der Waals surface area (Å²) in [6, 6.07) is 19.8. The third-order valence-corrected chi connectivity index (χ3v) is 5.04. The van der Waals surface area contributed by atoms with Gasteiger partial charge in [-0.1, -0.05) is 42.5 Å².